The minimum Gasteiger partial charge on any atom is -0.484 e. The third kappa shape index (κ3) is 1.63. The third-order valence-corrected chi connectivity index (χ3v) is 1.58. The Balaban J connectivity index is 2.38. The second-order valence-corrected chi connectivity index (χ2v) is 2.50. The zero-order valence-electron chi connectivity index (χ0n) is 6.64. The van der Waals surface area contributed by atoms with Crippen LogP contribution in [0.3, 0.4) is 0 Å². The summed E-state index contributed by atoms with van der Waals surface area (Å²) in [5, 5.41) is 17.0. The maximum atomic E-state index is 8.50. The van der Waals surface area contributed by atoms with E-state index in [0.717, 1.165) is 11.0 Å². The first kappa shape index (κ1) is 8.09. The predicted molar refractivity (Wildman–Crippen MR) is 46.9 cm³/mol. The van der Waals surface area contributed by atoms with Gasteiger partial charge in [-0.1, -0.05) is 12.1 Å². The molecule has 0 aliphatic heterocycles. The number of para-hydroxylation sites is 2. The molecule has 0 spiro atoms. The number of benzene rings is 1. The largest absolute Gasteiger partial charge is 0.709 e. The minimum absolute atomic E-state index is 0.0937. The van der Waals surface area contributed by atoms with Gasteiger partial charge >= 0.3 is 7.32 Å². The van der Waals surface area contributed by atoms with E-state index in [1.807, 2.05) is 18.2 Å². The molecule has 0 saturated heterocycles. The van der Waals surface area contributed by atoms with Gasteiger partial charge in [0.1, 0.15) is 0 Å². The number of rotatable bonds is 2. The van der Waals surface area contributed by atoms with Crippen molar-refractivity contribution in [1.29, 1.82) is 0 Å². The molecule has 2 aromatic rings. The van der Waals surface area contributed by atoms with Gasteiger partial charge in [-0.25, -0.2) is 0 Å². The lowest BCUT2D eigenvalue weighted by Crippen LogP contribution is -2.21. The van der Waals surface area contributed by atoms with Crippen molar-refractivity contribution in [2.24, 2.45) is 0 Å². The lowest BCUT2D eigenvalue weighted by atomic mass is 10.3. The van der Waals surface area contributed by atoms with Crippen molar-refractivity contribution < 1.29 is 14.7 Å². The van der Waals surface area contributed by atoms with Crippen LogP contribution >= 0.6 is 0 Å². The van der Waals surface area contributed by atoms with E-state index in [1.54, 1.807) is 6.07 Å². The molecule has 6 heteroatoms. The van der Waals surface area contributed by atoms with Crippen LogP contribution in [0.4, 0.5) is 0 Å². The van der Waals surface area contributed by atoms with Crippen LogP contribution in [-0.2, 0) is 0 Å². The summed E-state index contributed by atoms with van der Waals surface area (Å²) in [4.78, 5) is 6.73. The first-order chi connectivity index (χ1) is 6.25. The zero-order chi connectivity index (χ0) is 9.26. The molecular formula is C7H7BN2O3. The van der Waals surface area contributed by atoms with Crippen molar-refractivity contribution in [2.45, 2.75) is 0 Å². The zero-order valence-corrected chi connectivity index (χ0v) is 6.64. The van der Waals surface area contributed by atoms with Crippen LogP contribution < -0.4 is 4.65 Å². The highest BCUT2D eigenvalue weighted by Gasteiger charge is 2.13. The Kier molecular flexibility index (Phi) is 1.92. The first-order valence-electron chi connectivity index (χ1n) is 3.73. The van der Waals surface area contributed by atoms with Crippen LogP contribution in [0.2, 0.25) is 0 Å². The van der Waals surface area contributed by atoms with E-state index in [1.165, 1.54) is 0 Å². The van der Waals surface area contributed by atoms with Crippen LogP contribution in [0.1, 0.15) is 0 Å². The molecule has 0 unspecified atom stereocenters. The molecule has 0 fully saturated rings. The summed E-state index contributed by atoms with van der Waals surface area (Å²) in [6.45, 7) is 0. The Morgan fingerprint density at radius 1 is 1.31 bits per heavy atom. The van der Waals surface area contributed by atoms with Gasteiger partial charge in [0, 0.05) is 0 Å². The summed E-state index contributed by atoms with van der Waals surface area (Å²) in [5.74, 6) is 0. The lowest BCUT2D eigenvalue weighted by molar-refractivity contribution is 0.279. The highest BCUT2D eigenvalue weighted by molar-refractivity contribution is 6.33. The predicted octanol–water partition coefficient (Wildman–Crippen LogP) is -0.0888. The molecule has 1 aromatic heterocycles. The van der Waals surface area contributed by atoms with E-state index in [2.05, 4.69) is 14.6 Å². The summed E-state index contributed by atoms with van der Waals surface area (Å²) in [6.07, 6.45) is 0. The van der Waals surface area contributed by atoms with Gasteiger partial charge in [0.25, 0.3) is 6.01 Å². The van der Waals surface area contributed by atoms with Crippen molar-refractivity contribution >= 4 is 18.4 Å². The van der Waals surface area contributed by atoms with Crippen LogP contribution in [0.25, 0.3) is 11.0 Å². The minimum atomic E-state index is -1.85. The molecular weight excluding hydrogens is 171 g/mol. The van der Waals surface area contributed by atoms with E-state index < -0.39 is 7.32 Å². The molecule has 0 bridgehead atoms. The second-order valence-electron chi connectivity index (χ2n) is 2.50. The smallest absolute Gasteiger partial charge is 0.484 e. The van der Waals surface area contributed by atoms with Crippen LogP contribution in [0.15, 0.2) is 24.3 Å². The van der Waals surface area contributed by atoms with Crippen molar-refractivity contribution in [3.63, 3.8) is 0 Å². The molecule has 1 aromatic carbocycles. The Bertz CT molecular complexity index is 382. The molecule has 0 amide bonds. The normalized spacial score (nSPS) is 10.3. The summed E-state index contributed by atoms with van der Waals surface area (Å²) < 4.78 is 4.54. The Morgan fingerprint density at radius 3 is 2.77 bits per heavy atom. The molecule has 13 heavy (non-hydrogen) atoms. The van der Waals surface area contributed by atoms with Gasteiger partial charge in [-0.2, -0.15) is 4.98 Å². The molecule has 5 nitrogen and oxygen atoms in total. The second kappa shape index (κ2) is 3.08. The standard InChI is InChI=1S/C7H7BN2O3/c11-8(12)13-7-9-5-3-1-2-4-6(5)10-7/h1-4,11-12H,(H,9,10). The lowest BCUT2D eigenvalue weighted by Gasteiger charge is -1.96. The molecule has 0 saturated carbocycles. The fourth-order valence-corrected chi connectivity index (χ4v) is 1.09. The molecule has 0 radical (unpaired) electrons. The summed E-state index contributed by atoms with van der Waals surface area (Å²) in [5.41, 5.74) is 1.51. The molecule has 66 valence electrons. The van der Waals surface area contributed by atoms with E-state index in [-0.39, 0.29) is 6.01 Å². The number of fused-ring (bicyclic) bond motifs is 1. The number of nitrogens with zero attached hydrogens (tertiary/aromatic N) is 1. The number of hydrogen-bond donors (Lipinski definition) is 3. The highest BCUT2D eigenvalue weighted by atomic mass is 16.6. The summed E-state index contributed by atoms with van der Waals surface area (Å²) in [6, 6.07) is 7.39. The first-order valence-corrected chi connectivity index (χ1v) is 3.73. The van der Waals surface area contributed by atoms with E-state index in [0.29, 0.717) is 0 Å². The fraction of sp³-hybridized carbons (Fsp3) is 0. The number of hydrogen-bond acceptors (Lipinski definition) is 4. The van der Waals surface area contributed by atoms with Crippen molar-refractivity contribution in [2.75, 3.05) is 0 Å². The maximum absolute atomic E-state index is 8.50. The summed E-state index contributed by atoms with van der Waals surface area (Å²) >= 11 is 0. The van der Waals surface area contributed by atoms with Crippen LogP contribution in [0.5, 0.6) is 6.01 Å². The fourth-order valence-electron chi connectivity index (χ4n) is 1.09. The van der Waals surface area contributed by atoms with E-state index >= 15 is 0 Å². The van der Waals surface area contributed by atoms with Gasteiger partial charge in [-0.05, 0) is 12.1 Å². The number of nitrogens with one attached hydrogen (secondary N) is 1. The quantitative estimate of drug-likeness (QED) is 0.561. The molecule has 0 atom stereocenters. The van der Waals surface area contributed by atoms with Crippen molar-refractivity contribution in [1.82, 2.24) is 9.97 Å². The van der Waals surface area contributed by atoms with Gasteiger partial charge < -0.3 is 19.7 Å². The molecule has 0 aliphatic rings. The monoisotopic (exact) mass is 178 g/mol. The van der Waals surface area contributed by atoms with Crippen molar-refractivity contribution in [3.05, 3.63) is 24.3 Å². The molecule has 0 aliphatic carbocycles. The number of H-pyrrole nitrogens is 1. The van der Waals surface area contributed by atoms with Gasteiger partial charge in [0.2, 0.25) is 0 Å². The van der Waals surface area contributed by atoms with Gasteiger partial charge in [0.05, 0.1) is 11.0 Å². The number of imidazole rings is 1. The van der Waals surface area contributed by atoms with Crippen LogP contribution in [-0.4, -0.2) is 27.3 Å². The topological polar surface area (TPSA) is 78.4 Å². The Labute approximate surface area is 74.2 Å². The summed E-state index contributed by atoms with van der Waals surface area (Å²) in [7, 11) is -1.85. The van der Waals surface area contributed by atoms with E-state index in [9.17, 15) is 0 Å². The average Bonchev–Trinajstić information content (AvgIpc) is 2.44. The third-order valence-electron chi connectivity index (χ3n) is 1.58. The maximum Gasteiger partial charge on any atom is 0.709 e. The number of aromatic amines is 1. The van der Waals surface area contributed by atoms with Gasteiger partial charge in [0.15, 0.2) is 0 Å². The average molecular weight is 178 g/mol. The Hall–Kier alpha value is -1.53. The van der Waals surface area contributed by atoms with Gasteiger partial charge in [-0.3, -0.25) is 0 Å². The molecule has 2 rings (SSSR count). The highest BCUT2D eigenvalue weighted by Crippen LogP contribution is 2.14. The Morgan fingerprint density at radius 2 is 2.08 bits per heavy atom. The number of aromatic nitrogens is 2. The van der Waals surface area contributed by atoms with Crippen molar-refractivity contribution in [3.8, 4) is 6.01 Å². The SMILES string of the molecule is OB(O)Oc1nc2ccccc2[nH]1. The van der Waals surface area contributed by atoms with Crippen LogP contribution in [0, 0.1) is 0 Å². The molecule has 3 N–H and O–H groups in total. The molecule has 1 heterocycles. The van der Waals surface area contributed by atoms with E-state index in [4.69, 9.17) is 10.0 Å². The van der Waals surface area contributed by atoms with Gasteiger partial charge in [-0.15, -0.1) is 0 Å².